The first-order valence-corrected chi connectivity index (χ1v) is 36.5. The molecule has 0 rings (SSSR count). The first kappa shape index (κ1) is 77.4. The maximum Gasteiger partial charge on any atom is 0.306 e. The average molecular weight is 1120 g/mol. The van der Waals surface area contributed by atoms with Crippen LogP contribution in [0.25, 0.3) is 0 Å². The molecule has 0 aromatic rings. The molecule has 0 aliphatic carbocycles. The van der Waals surface area contributed by atoms with Gasteiger partial charge < -0.3 is 14.2 Å². The number of carbonyl (C=O) groups excluding carboxylic acids is 3. The van der Waals surface area contributed by atoms with Crippen LogP contribution in [-0.2, 0) is 28.6 Å². The smallest absolute Gasteiger partial charge is 0.306 e. The van der Waals surface area contributed by atoms with Crippen molar-refractivity contribution in [3.8, 4) is 0 Å². The lowest BCUT2D eigenvalue weighted by molar-refractivity contribution is -0.167. The van der Waals surface area contributed by atoms with E-state index in [1.165, 1.54) is 334 Å². The predicted molar refractivity (Wildman–Crippen MR) is 344 cm³/mol. The highest BCUT2D eigenvalue weighted by atomic mass is 16.6. The van der Waals surface area contributed by atoms with Crippen LogP contribution in [0.4, 0.5) is 0 Å². The Balaban J connectivity index is 4.18. The molecule has 0 amide bonds. The molecule has 1 unspecified atom stereocenters. The number of ether oxygens (including phenoxy) is 3. The van der Waals surface area contributed by atoms with E-state index in [2.05, 4.69) is 20.8 Å². The Morgan fingerprint density at radius 1 is 0.203 bits per heavy atom. The van der Waals surface area contributed by atoms with Crippen molar-refractivity contribution in [2.75, 3.05) is 13.2 Å². The van der Waals surface area contributed by atoms with Crippen LogP contribution in [0, 0.1) is 0 Å². The van der Waals surface area contributed by atoms with Crippen LogP contribution in [0.15, 0.2) is 0 Å². The van der Waals surface area contributed by atoms with Gasteiger partial charge in [-0.1, -0.05) is 393 Å². The van der Waals surface area contributed by atoms with E-state index < -0.39 is 6.10 Å². The summed E-state index contributed by atoms with van der Waals surface area (Å²) in [4.78, 5) is 38.5. The third-order valence-electron chi connectivity index (χ3n) is 17.1. The summed E-state index contributed by atoms with van der Waals surface area (Å²) >= 11 is 0. The minimum Gasteiger partial charge on any atom is -0.462 e. The van der Waals surface area contributed by atoms with Crippen LogP contribution in [0.2, 0.25) is 0 Å². The van der Waals surface area contributed by atoms with Gasteiger partial charge in [0.2, 0.25) is 0 Å². The lowest BCUT2D eigenvalue weighted by Gasteiger charge is -2.18. The van der Waals surface area contributed by atoms with Crippen LogP contribution in [0.3, 0.4) is 0 Å². The molecule has 0 heterocycles. The Hall–Kier alpha value is -1.59. The lowest BCUT2D eigenvalue weighted by atomic mass is 10.0. The molecule has 0 spiro atoms. The van der Waals surface area contributed by atoms with Gasteiger partial charge in [0.05, 0.1) is 0 Å². The van der Waals surface area contributed by atoms with Crippen LogP contribution < -0.4 is 0 Å². The minimum atomic E-state index is -0.763. The normalized spacial score (nSPS) is 11.9. The maximum absolute atomic E-state index is 13.0. The highest BCUT2D eigenvalue weighted by Gasteiger charge is 2.20. The fourth-order valence-electron chi connectivity index (χ4n) is 11.6. The predicted octanol–water partition coefficient (Wildman–Crippen LogP) is 25.0. The number of hydrogen-bond donors (Lipinski definition) is 0. The molecule has 0 aliphatic rings. The summed E-state index contributed by atoms with van der Waals surface area (Å²) < 4.78 is 17.0. The molecule has 0 radical (unpaired) electrons. The van der Waals surface area contributed by atoms with Crippen molar-refractivity contribution >= 4 is 17.9 Å². The third kappa shape index (κ3) is 67.1. The molecular weight excluding hydrogens is 973 g/mol. The van der Waals surface area contributed by atoms with Crippen molar-refractivity contribution in [1.29, 1.82) is 0 Å². The second-order valence-corrected chi connectivity index (χ2v) is 25.2. The Morgan fingerprint density at radius 2 is 0.342 bits per heavy atom. The fourth-order valence-corrected chi connectivity index (χ4v) is 11.6. The van der Waals surface area contributed by atoms with Crippen LogP contribution in [0.1, 0.15) is 432 Å². The summed E-state index contributed by atoms with van der Waals surface area (Å²) in [6.45, 7) is 6.75. The van der Waals surface area contributed by atoms with Crippen LogP contribution in [0.5, 0.6) is 0 Å². The van der Waals surface area contributed by atoms with E-state index in [0.29, 0.717) is 19.3 Å². The van der Waals surface area contributed by atoms with Gasteiger partial charge >= 0.3 is 17.9 Å². The van der Waals surface area contributed by atoms with E-state index >= 15 is 0 Å². The van der Waals surface area contributed by atoms with Gasteiger partial charge in [0.1, 0.15) is 13.2 Å². The summed E-state index contributed by atoms with van der Waals surface area (Å²) in [5.74, 6) is -0.817. The Kier molecular flexibility index (Phi) is 67.5. The summed E-state index contributed by atoms with van der Waals surface area (Å²) in [5, 5.41) is 0. The zero-order valence-corrected chi connectivity index (χ0v) is 54.2. The average Bonchev–Trinajstić information content (AvgIpc) is 3.45. The van der Waals surface area contributed by atoms with E-state index in [-0.39, 0.29) is 31.1 Å². The van der Waals surface area contributed by atoms with E-state index in [9.17, 15) is 14.4 Å². The van der Waals surface area contributed by atoms with Gasteiger partial charge in [-0.3, -0.25) is 14.4 Å². The molecule has 0 saturated heterocycles. The molecule has 0 aromatic heterocycles. The van der Waals surface area contributed by atoms with E-state index in [0.717, 1.165) is 57.8 Å². The molecule has 0 N–H and O–H groups in total. The fraction of sp³-hybridized carbons (Fsp3) is 0.959. The Labute approximate surface area is 495 Å². The van der Waals surface area contributed by atoms with Gasteiger partial charge in [0.25, 0.3) is 0 Å². The summed E-state index contributed by atoms with van der Waals surface area (Å²) in [6, 6.07) is 0. The van der Waals surface area contributed by atoms with Crippen LogP contribution in [-0.4, -0.2) is 37.2 Å². The minimum absolute atomic E-state index is 0.0600. The molecule has 470 valence electrons. The quantitative estimate of drug-likeness (QED) is 0.0343. The molecule has 0 fully saturated rings. The monoisotopic (exact) mass is 1120 g/mol. The summed E-state index contributed by atoms with van der Waals surface area (Å²) in [6.07, 6.45) is 81.4. The topological polar surface area (TPSA) is 78.9 Å². The number of esters is 3. The van der Waals surface area contributed by atoms with Crippen molar-refractivity contribution in [3.05, 3.63) is 0 Å². The van der Waals surface area contributed by atoms with Gasteiger partial charge in [0, 0.05) is 19.3 Å². The largest absolute Gasteiger partial charge is 0.462 e. The summed E-state index contributed by atoms with van der Waals surface area (Å²) in [7, 11) is 0. The van der Waals surface area contributed by atoms with Gasteiger partial charge in [-0.2, -0.15) is 0 Å². The number of carbonyl (C=O) groups is 3. The molecule has 79 heavy (non-hydrogen) atoms. The number of hydrogen-bond acceptors (Lipinski definition) is 6. The van der Waals surface area contributed by atoms with E-state index in [4.69, 9.17) is 14.2 Å². The highest BCUT2D eigenvalue weighted by molar-refractivity contribution is 5.71. The maximum atomic E-state index is 13.0. The number of unbranched alkanes of at least 4 members (excludes halogenated alkanes) is 58. The molecule has 6 heteroatoms. The van der Waals surface area contributed by atoms with Gasteiger partial charge in [-0.25, -0.2) is 0 Å². The SMILES string of the molecule is CCCCCCCCCCCCCCCCCCCCCCCCCCCCCC(=O)OCC(COC(=O)CCCCCCCCCCCCCCCCC)OC(=O)CCCCCCCCCCCCCCCCCCCCC. The third-order valence-corrected chi connectivity index (χ3v) is 17.1. The first-order valence-electron chi connectivity index (χ1n) is 36.5. The van der Waals surface area contributed by atoms with Crippen molar-refractivity contribution in [2.45, 2.75) is 438 Å². The second kappa shape index (κ2) is 68.9. The van der Waals surface area contributed by atoms with Crippen molar-refractivity contribution in [1.82, 2.24) is 0 Å². The van der Waals surface area contributed by atoms with Gasteiger partial charge in [-0.05, 0) is 19.3 Å². The Morgan fingerprint density at radius 3 is 0.506 bits per heavy atom. The van der Waals surface area contributed by atoms with Gasteiger partial charge in [0.15, 0.2) is 6.10 Å². The van der Waals surface area contributed by atoms with Crippen molar-refractivity contribution in [2.24, 2.45) is 0 Å². The van der Waals surface area contributed by atoms with Crippen molar-refractivity contribution < 1.29 is 28.6 Å². The second-order valence-electron chi connectivity index (χ2n) is 25.2. The van der Waals surface area contributed by atoms with Crippen LogP contribution >= 0.6 is 0 Å². The lowest BCUT2D eigenvalue weighted by Crippen LogP contribution is -2.30. The summed E-state index contributed by atoms with van der Waals surface area (Å²) in [5.41, 5.74) is 0. The molecule has 6 nitrogen and oxygen atoms in total. The zero-order valence-electron chi connectivity index (χ0n) is 54.2. The molecule has 0 saturated carbocycles. The molecule has 0 aliphatic heterocycles. The van der Waals surface area contributed by atoms with E-state index in [1.807, 2.05) is 0 Å². The first-order chi connectivity index (χ1) is 39.0. The van der Waals surface area contributed by atoms with E-state index in [1.54, 1.807) is 0 Å². The molecule has 1 atom stereocenters. The molecule has 0 aromatic carbocycles. The zero-order chi connectivity index (χ0) is 57.1. The standard InChI is InChI=1S/C73H142O6/c1-4-7-10-13-16-19-22-25-28-30-32-33-34-35-36-37-38-39-41-42-45-48-51-54-57-60-63-66-72(75)78-69-70(68-77-71(74)65-62-59-56-53-50-47-44-27-24-21-18-15-12-9-6-3)79-73(76)67-64-61-58-55-52-49-46-43-40-31-29-26-23-20-17-14-11-8-5-2/h70H,4-69H2,1-3H3. The molecule has 0 bridgehead atoms. The Bertz CT molecular complexity index is 1190. The van der Waals surface area contributed by atoms with Gasteiger partial charge in [-0.15, -0.1) is 0 Å². The molecular formula is C73H142O6. The highest BCUT2D eigenvalue weighted by Crippen LogP contribution is 2.20. The number of rotatable bonds is 69. The van der Waals surface area contributed by atoms with Crippen molar-refractivity contribution in [3.63, 3.8) is 0 Å².